The number of carbonyl (C=O) groups excluding carboxylic acids is 1. The van der Waals surface area contributed by atoms with Crippen molar-refractivity contribution in [1.29, 1.82) is 0 Å². The van der Waals surface area contributed by atoms with Gasteiger partial charge in [-0.05, 0) is 74.2 Å². The normalized spacial score (nSPS) is 34.1. The number of ether oxygens (including phenoxy) is 1. The molecule has 2 heterocycles. The second kappa shape index (κ2) is 7.95. The van der Waals surface area contributed by atoms with Crippen molar-refractivity contribution in [2.75, 3.05) is 20.1 Å². The molecule has 5 aliphatic rings. The molecule has 36 heavy (non-hydrogen) atoms. The van der Waals surface area contributed by atoms with Crippen molar-refractivity contribution in [3.63, 3.8) is 0 Å². The van der Waals surface area contributed by atoms with E-state index < -0.39 is 11.0 Å². The van der Waals surface area contributed by atoms with E-state index in [0.29, 0.717) is 25.0 Å². The number of phenols is 1. The molecule has 2 aromatic rings. The monoisotopic (exact) mass is 552 g/mol. The van der Waals surface area contributed by atoms with Crippen molar-refractivity contribution in [2.45, 2.75) is 74.1 Å². The number of hydrogen-bond donors (Lipinski definition) is 2. The van der Waals surface area contributed by atoms with Crippen molar-refractivity contribution in [2.24, 2.45) is 5.92 Å². The van der Waals surface area contributed by atoms with Gasteiger partial charge in [-0.25, -0.2) is 0 Å². The van der Waals surface area contributed by atoms with Crippen LogP contribution in [0.4, 0.5) is 0 Å². The van der Waals surface area contributed by atoms with Crippen LogP contribution in [0, 0.1) is 5.92 Å². The number of nitrogens with zero attached hydrogens (tertiary/aromatic N) is 2. The van der Waals surface area contributed by atoms with E-state index in [9.17, 15) is 15.0 Å². The van der Waals surface area contributed by atoms with Gasteiger partial charge in [0.15, 0.2) is 11.5 Å². The molecule has 1 amide bonds. The summed E-state index contributed by atoms with van der Waals surface area (Å²) < 4.78 is 7.56. The van der Waals surface area contributed by atoms with Gasteiger partial charge in [-0.3, -0.25) is 9.69 Å². The van der Waals surface area contributed by atoms with Crippen LogP contribution in [-0.2, 0) is 23.1 Å². The molecule has 6 nitrogen and oxygen atoms in total. The van der Waals surface area contributed by atoms with Crippen LogP contribution in [0.1, 0.15) is 48.8 Å². The SMILES string of the molecule is CN(C(=O)Cc1ccccc1Br)C1CC[C@@]2(O)[C@H]3Cc4ccc(O)c5c4[C@@]2(CCN3CC2CC2)C1O5. The van der Waals surface area contributed by atoms with Gasteiger partial charge < -0.3 is 19.8 Å². The Kier molecular flexibility index (Phi) is 5.09. The van der Waals surface area contributed by atoms with Crippen molar-refractivity contribution >= 4 is 21.8 Å². The highest BCUT2D eigenvalue weighted by atomic mass is 79.9. The van der Waals surface area contributed by atoms with E-state index >= 15 is 0 Å². The molecule has 1 spiro atoms. The van der Waals surface area contributed by atoms with Gasteiger partial charge in [-0.1, -0.05) is 40.2 Å². The first kappa shape index (κ1) is 23.1. The van der Waals surface area contributed by atoms with Crippen LogP contribution in [0.2, 0.25) is 0 Å². The highest BCUT2D eigenvalue weighted by Gasteiger charge is 2.73. The summed E-state index contributed by atoms with van der Waals surface area (Å²) in [7, 11) is 1.88. The fourth-order valence-corrected chi connectivity index (χ4v) is 8.39. The molecule has 2 N–H and O–H groups in total. The summed E-state index contributed by atoms with van der Waals surface area (Å²) in [6.07, 6.45) is 5.38. The van der Waals surface area contributed by atoms with Crippen molar-refractivity contribution in [3.8, 4) is 11.5 Å². The van der Waals surface area contributed by atoms with Crippen LogP contribution in [0.5, 0.6) is 11.5 Å². The highest BCUT2D eigenvalue weighted by molar-refractivity contribution is 9.10. The van der Waals surface area contributed by atoms with Gasteiger partial charge in [-0.2, -0.15) is 0 Å². The minimum Gasteiger partial charge on any atom is -0.504 e. The van der Waals surface area contributed by atoms with Crippen LogP contribution in [0.3, 0.4) is 0 Å². The molecule has 3 aliphatic carbocycles. The molecular weight excluding hydrogens is 520 g/mol. The van der Waals surface area contributed by atoms with E-state index in [-0.39, 0.29) is 29.8 Å². The molecule has 7 rings (SSSR count). The van der Waals surface area contributed by atoms with E-state index in [1.807, 2.05) is 42.3 Å². The molecule has 1 saturated heterocycles. The quantitative estimate of drug-likeness (QED) is 0.590. The number of piperidine rings is 1. The van der Waals surface area contributed by atoms with Crippen LogP contribution >= 0.6 is 15.9 Å². The first-order chi connectivity index (χ1) is 17.3. The minimum absolute atomic E-state index is 0.0382. The first-order valence-electron chi connectivity index (χ1n) is 13.3. The van der Waals surface area contributed by atoms with Gasteiger partial charge in [0.05, 0.1) is 23.5 Å². The van der Waals surface area contributed by atoms with E-state index in [1.54, 1.807) is 6.07 Å². The number of likely N-dealkylation sites (tertiary alicyclic amines) is 1. The summed E-state index contributed by atoms with van der Waals surface area (Å²) >= 11 is 3.57. The smallest absolute Gasteiger partial charge is 0.227 e. The average Bonchev–Trinajstić information content (AvgIpc) is 3.60. The summed E-state index contributed by atoms with van der Waals surface area (Å²) in [6.45, 7) is 1.97. The number of rotatable bonds is 5. The van der Waals surface area contributed by atoms with Crippen molar-refractivity contribution < 1.29 is 19.7 Å². The average molecular weight is 553 g/mol. The summed E-state index contributed by atoms with van der Waals surface area (Å²) in [6, 6.07) is 11.5. The van der Waals surface area contributed by atoms with Gasteiger partial charge in [0, 0.05) is 29.7 Å². The zero-order valence-electron chi connectivity index (χ0n) is 20.6. The molecule has 2 unspecified atom stereocenters. The fourth-order valence-electron chi connectivity index (χ4n) is 7.97. The third-order valence-electron chi connectivity index (χ3n) is 9.92. The number of aromatic hydroxyl groups is 1. The number of benzene rings is 2. The Hall–Kier alpha value is -2.09. The second-order valence-electron chi connectivity index (χ2n) is 11.7. The predicted molar refractivity (Wildman–Crippen MR) is 139 cm³/mol. The Bertz CT molecular complexity index is 1250. The predicted octanol–water partition coefficient (Wildman–Crippen LogP) is 3.79. The van der Waals surface area contributed by atoms with Crippen molar-refractivity contribution in [3.05, 3.63) is 57.6 Å². The Morgan fingerprint density at radius 1 is 1.19 bits per heavy atom. The maximum atomic E-state index is 13.5. The zero-order chi connectivity index (χ0) is 24.8. The molecule has 0 radical (unpaired) electrons. The molecule has 2 bridgehead atoms. The zero-order valence-corrected chi connectivity index (χ0v) is 22.2. The highest BCUT2D eigenvalue weighted by Crippen LogP contribution is 2.66. The number of hydrogen-bond acceptors (Lipinski definition) is 5. The number of carbonyl (C=O) groups is 1. The first-order valence-corrected chi connectivity index (χ1v) is 14.1. The van der Waals surface area contributed by atoms with Crippen molar-refractivity contribution in [1.82, 2.24) is 9.80 Å². The lowest BCUT2D eigenvalue weighted by Crippen LogP contribution is -2.78. The minimum atomic E-state index is -0.931. The Morgan fingerprint density at radius 3 is 2.78 bits per heavy atom. The van der Waals surface area contributed by atoms with Crippen LogP contribution in [0.25, 0.3) is 0 Å². The number of halogens is 1. The van der Waals surface area contributed by atoms with E-state index in [1.165, 1.54) is 18.4 Å². The molecule has 7 heteroatoms. The Morgan fingerprint density at radius 2 is 2.00 bits per heavy atom. The van der Waals surface area contributed by atoms with Crippen LogP contribution < -0.4 is 4.74 Å². The van der Waals surface area contributed by atoms with Gasteiger partial charge in [0.25, 0.3) is 0 Å². The molecule has 2 saturated carbocycles. The maximum Gasteiger partial charge on any atom is 0.227 e. The molecule has 5 atom stereocenters. The van der Waals surface area contributed by atoms with Crippen LogP contribution in [0.15, 0.2) is 40.9 Å². The molecule has 3 fully saturated rings. The fraction of sp³-hybridized carbons (Fsp3) is 0.552. The summed E-state index contributed by atoms with van der Waals surface area (Å²) in [4.78, 5) is 17.9. The third kappa shape index (κ3) is 3.05. The summed E-state index contributed by atoms with van der Waals surface area (Å²) in [5, 5.41) is 23.4. The van der Waals surface area contributed by atoms with Crippen LogP contribution in [-0.4, -0.2) is 69.8 Å². The summed E-state index contributed by atoms with van der Waals surface area (Å²) in [5.41, 5.74) is 1.61. The van der Waals surface area contributed by atoms with Gasteiger partial charge in [0.1, 0.15) is 6.10 Å². The molecule has 190 valence electrons. The van der Waals surface area contributed by atoms with Gasteiger partial charge in [0.2, 0.25) is 5.91 Å². The van der Waals surface area contributed by atoms with Gasteiger partial charge in [-0.15, -0.1) is 0 Å². The molecular formula is C29H33BrN2O4. The third-order valence-corrected chi connectivity index (χ3v) is 10.7. The summed E-state index contributed by atoms with van der Waals surface area (Å²) in [5.74, 6) is 1.46. The van der Waals surface area contributed by atoms with E-state index in [4.69, 9.17) is 4.74 Å². The largest absolute Gasteiger partial charge is 0.504 e. The number of phenolic OH excluding ortho intramolecular Hbond substituents is 1. The second-order valence-corrected chi connectivity index (χ2v) is 12.5. The van der Waals surface area contributed by atoms with E-state index in [2.05, 4.69) is 20.8 Å². The van der Waals surface area contributed by atoms with Gasteiger partial charge >= 0.3 is 0 Å². The molecule has 0 aromatic heterocycles. The standard InChI is InChI=1S/C29H33BrN2O4/c1-31(24(34)15-18-4-2-3-5-20(18)30)21-10-11-29(35)23-14-19-8-9-22(33)26-25(19)28(29,27(21)36-26)12-13-32(23)16-17-6-7-17/h2-5,8-9,17,21,23,27,33,35H,6-7,10-16H2,1H3/t21?,23-,27?,28+,29-/m1/s1. The Balaban J connectivity index is 1.27. The Labute approximate surface area is 220 Å². The number of likely N-dealkylation sites (N-methyl/N-ethyl adjacent to an activating group) is 1. The lowest BCUT2D eigenvalue weighted by Gasteiger charge is -2.64. The maximum absolute atomic E-state index is 13.5. The molecule has 2 aromatic carbocycles. The lowest BCUT2D eigenvalue weighted by molar-refractivity contribution is -0.200. The lowest BCUT2D eigenvalue weighted by atomic mass is 9.48. The topological polar surface area (TPSA) is 73.2 Å². The number of aliphatic hydroxyl groups is 1. The molecule has 2 aliphatic heterocycles. The van der Waals surface area contributed by atoms with E-state index in [0.717, 1.165) is 47.4 Å². The number of amides is 1.